The molecule has 0 radical (unpaired) electrons. The number of rotatable bonds is 4. The van der Waals surface area contributed by atoms with E-state index in [2.05, 4.69) is 11.8 Å². The third-order valence-corrected chi connectivity index (χ3v) is 4.66. The predicted molar refractivity (Wildman–Crippen MR) is 72.5 cm³/mol. The first-order chi connectivity index (χ1) is 8.65. The van der Waals surface area contributed by atoms with Crippen LogP contribution in [0.25, 0.3) is 0 Å². The molecule has 3 heteroatoms. The second kappa shape index (κ2) is 6.55. The SMILES string of the molecule is CC1CC(C(=O)O)CN(CCC2CCCCC2)C1. The van der Waals surface area contributed by atoms with Crippen LogP contribution < -0.4 is 0 Å². The van der Waals surface area contributed by atoms with Gasteiger partial charge in [0.15, 0.2) is 0 Å². The van der Waals surface area contributed by atoms with Crippen molar-refractivity contribution >= 4 is 5.97 Å². The number of hydrogen-bond donors (Lipinski definition) is 1. The Hall–Kier alpha value is -0.570. The number of piperidine rings is 1. The molecule has 1 heterocycles. The van der Waals surface area contributed by atoms with Crippen LogP contribution in [-0.4, -0.2) is 35.6 Å². The van der Waals surface area contributed by atoms with E-state index in [1.165, 1.54) is 38.5 Å². The average molecular weight is 253 g/mol. The Morgan fingerprint density at radius 2 is 1.94 bits per heavy atom. The van der Waals surface area contributed by atoms with Crippen LogP contribution in [0.4, 0.5) is 0 Å². The maximum Gasteiger partial charge on any atom is 0.307 e. The Morgan fingerprint density at radius 1 is 1.22 bits per heavy atom. The number of carboxylic acid groups (broad SMARTS) is 1. The van der Waals surface area contributed by atoms with Gasteiger partial charge in [-0.15, -0.1) is 0 Å². The molecule has 2 fully saturated rings. The maximum atomic E-state index is 11.1. The molecule has 0 amide bonds. The maximum absolute atomic E-state index is 11.1. The number of nitrogens with zero attached hydrogens (tertiary/aromatic N) is 1. The quantitative estimate of drug-likeness (QED) is 0.837. The molecule has 0 aromatic carbocycles. The Labute approximate surface area is 111 Å². The number of likely N-dealkylation sites (tertiary alicyclic amines) is 1. The highest BCUT2D eigenvalue weighted by Gasteiger charge is 2.29. The van der Waals surface area contributed by atoms with Crippen LogP contribution in [-0.2, 0) is 4.79 Å². The van der Waals surface area contributed by atoms with Crippen LogP contribution in [0, 0.1) is 17.8 Å². The topological polar surface area (TPSA) is 40.5 Å². The second-order valence-electron chi connectivity index (χ2n) is 6.43. The summed E-state index contributed by atoms with van der Waals surface area (Å²) in [4.78, 5) is 13.5. The lowest BCUT2D eigenvalue weighted by atomic mass is 9.86. The van der Waals surface area contributed by atoms with Crippen LogP contribution >= 0.6 is 0 Å². The highest BCUT2D eigenvalue weighted by molar-refractivity contribution is 5.70. The van der Waals surface area contributed by atoms with Gasteiger partial charge in [0, 0.05) is 13.1 Å². The van der Waals surface area contributed by atoms with Crippen molar-refractivity contribution in [2.75, 3.05) is 19.6 Å². The molecule has 3 nitrogen and oxygen atoms in total. The molecular weight excluding hydrogens is 226 g/mol. The van der Waals surface area contributed by atoms with Crippen molar-refractivity contribution in [2.24, 2.45) is 17.8 Å². The van der Waals surface area contributed by atoms with Gasteiger partial charge in [0.2, 0.25) is 0 Å². The largest absolute Gasteiger partial charge is 0.481 e. The van der Waals surface area contributed by atoms with Gasteiger partial charge in [0.05, 0.1) is 5.92 Å². The third kappa shape index (κ3) is 3.98. The van der Waals surface area contributed by atoms with Crippen molar-refractivity contribution in [3.8, 4) is 0 Å². The van der Waals surface area contributed by atoms with E-state index in [0.29, 0.717) is 5.92 Å². The molecule has 0 bridgehead atoms. The van der Waals surface area contributed by atoms with E-state index in [1.54, 1.807) is 0 Å². The summed E-state index contributed by atoms with van der Waals surface area (Å²) < 4.78 is 0. The van der Waals surface area contributed by atoms with Crippen molar-refractivity contribution in [3.63, 3.8) is 0 Å². The number of hydrogen-bond acceptors (Lipinski definition) is 2. The van der Waals surface area contributed by atoms with Gasteiger partial charge in [-0.05, 0) is 31.2 Å². The third-order valence-electron chi connectivity index (χ3n) is 4.66. The Kier molecular flexibility index (Phi) is 5.04. The molecule has 2 aliphatic rings. The average Bonchev–Trinajstić information content (AvgIpc) is 2.37. The number of carboxylic acids is 1. The highest BCUT2D eigenvalue weighted by atomic mass is 16.4. The molecule has 1 aliphatic carbocycles. The fourth-order valence-electron chi connectivity index (χ4n) is 3.66. The minimum Gasteiger partial charge on any atom is -0.481 e. The van der Waals surface area contributed by atoms with E-state index >= 15 is 0 Å². The summed E-state index contributed by atoms with van der Waals surface area (Å²) in [5.41, 5.74) is 0. The summed E-state index contributed by atoms with van der Waals surface area (Å²) in [5.74, 6) is 0.690. The molecule has 1 saturated heterocycles. The summed E-state index contributed by atoms with van der Waals surface area (Å²) in [7, 11) is 0. The molecule has 0 spiro atoms. The predicted octanol–water partition coefficient (Wildman–Crippen LogP) is 3.00. The molecule has 2 unspecified atom stereocenters. The second-order valence-corrected chi connectivity index (χ2v) is 6.43. The zero-order chi connectivity index (χ0) is 13.0. The zero-order valence-electron chi connectivity index (χ0n) is 11.6. The van der Waals surface area contributed by atoms with E-state index in [9.17, 15) is 4.79 Å². The van der Waals surface area contributed by atoms with E-state index in [4.69, 9.17) is 5.11 Å². The first-order valence-electron chi connectivity index (χ1n) is 7.60. The van der Waals surface area contributed by atoms with Gasteiger partial charge in [-0.3, -0.25) is 4.79 Å². The van der Waals surface area contributed by atoms with Gasteiger partial charge in [-0.2, -0.15) is 0 Å². The minimum absolute atomic E-state index is 0.139. The van der Waals surface area contributed by atoms with Crippen LogP contribution in [0.1, 0.15) is 51.9 Å². The minimum atomic E-state index is -0.607. The van der Waals surface area contributed by atoms with E-state index < -0.39 is 5.97 Å². The van der Waals surface area contributed by atoms with E-state index in [-0.39, 0.29) is 5.92 Å². The Balaban J connectivity index is 1.75. The van der Waals surface area contributed by atoms with Gasteiger partial charge in [-0.1, -0.05) is 39.0 Å². The number of aliphatic carboxylic acids is 1. The molecule has 0 aromatic rings. The first kappa shape index (κ1) is 13.9. The van der Waals surface area contributed by atoms with Crippen molar-refractivity contribution in [1.82, 2.24) is 4.90 Å². The van der Waals surface area contributed by atoms with Crippen molar-refractivity contribution in [3.05, 3.63) is 0 Å². The van der Waals surface area contributed by atoms with Crippen LogP contribution in [0.2, 0.25) is 0 Å². The normalized spacial score (nSPS) is 31.4. The molecule has 104 valence electrons. The van der Waals surface area contributed by atoms with Crippen molar-refractivity contribution in [2.45, 2.75) is 51.9 Å². The van der Waals surface area contributed by atoms with Gasteiger partial charge in [0.1, 0.15) is 0 Å². The van der Waals surface area contributed by atoms with Crippen LogP contribution in [0.5, 0.6) is 0 Å². The molecule has 1 aliphatic heterocycles. The fourth-order valence-corrected chi connectivity index (χ4v) is 3.66. The lowest BCUT2D eigenvalue weighted by molar-refractivity contribution is -0.144. The summed E-state index contributed by atoms with van der Waals surface area (Å²) in [6.45, 7) is 5.16. The van der Waals surface area contributed by atoms with Crippen molar-refractivity contribution in [1.29, 1.82) is 0 Å². The zero-order valence-corrected chi connectivity index (χ0v) is 11.6. The first-order valence-corrected chi connectivity index (χ1v) is 7.60. The smallest absolute Gasteiger partial charge is 0.307 e. The van der Waals surface area contributed by atoms with Crippen LogP contribution in [0.15, 0.2) is 0 Å². The van der Waals surface area contributed by atoms with Gasteiger partial charge >= 0.3 is 5.97 Å². The van der Waals surface area contributed by atoms with Crippen LogP contribution in [0.3, 0.4) is 0 Å². The van der Waals surface area contributed by atoms with Gasteiger partial charge < -0.3 is 10.0 Å². The molecule has 0 aromatic heterocycles. The monoisotopic (exact) mass is 253 g/mol. The molecular formula is C15H27NO2. The van der Waals surface area contributed by atoms with Crippen molar-refractivity contribution < 1.29 is 9.90 Å². The number of carbonyl (C=O) groups is 1. The molecule has 2 rings (SSSR count). The van der Waals surface area contributed by atoms with E-state index in [1.807, 2.05) is 0 Å². The lowest BCUT2D eigenvalue weighted by Gasteiger charge is -2.35. The molecule has 1 saturated carbocycles. The van der Waals surface area contributed by atoms with E-state index in [0.717, 1.165) is 32.0 Å². The summed E-state index contributed by atoms with van der Waals surface area (Å²) in [6.07, 6.45) is 9.14. The fraction of sp³-hybridized carbons (Fsp3) is 0.933. The summed E-state index contributed by atoms with van der Waals surface area (Å²) in [5, 5.41) is 9.16. The molecule has 1 N–H and O–H groups in total. The summed E-state index contributed by atoms with van der Waals surface area (Å²) >= 11 is 0. The standard InChI is InChI=1S/C15H27NO2/c1-12-9-14(15(17)18)11-16(10-12)8-7-13-5-3-2-4-6-13/h12-14H,2-11H2,1H3,(H,17,18). The van der Waals surface area contributed by atoms with Gasteiger partial charge in [0.25, 0.3) is 0 Å². The lowest BCUT2D eigenvalue weighted by Crippen LogP contribution is -2.43. The highest BCUT2D eigenvalue weighted by Crippen LogP contribution is 2.28. The Bertz CT molecular complexity index is 274. The Morgan fingerprint density at radius 3 is 2.61 bits per heavy atom. The molecule has 2 atom stereocenters. The molecule has 18 heavy (non-hydrogen) atoms. The summed E-state index contributed by atoms with van der Waals surface area (Å²) in [6, 6.07) is 0. The van der Waals surface area contributed by atoms with Gasteiger partial charge in [-0.25, -0.2) is 0 Å².